The zero-order valence-electron chi connectivity index (χ0n) is 10.9. The van der Waals surface area contributed by atoms with Crippen molar-refractivity contribution < 1.29 is 9.84 Å². The molecule has 1 aromatic rings. The van der Waals surface area contributed by atoms with Gasteiger partial charge in [0.2, 0.25) is 0 Å². The Kier molecular flexibility index (Phi) is 3.87. The summed E-state index contributed by atoms with van der Waals surface area (Å²) in [7, 11) is 1.59. The number of nitrogens with two attached hydrogens (primary N) is 1. The largest absolute Gasteiger partial charge is 0.504 e. The third kappa shape index (κ3) is 1.91. The molecule has 0 heterocycles. The van der Waals surface area contributed by atoms with Crippen LogP contribution in [0.2, 0.25) is 0 Å². The van der Waals surface area contributed by atoms with Crippen molar-refractivity contribution in [2.24, 2.45) is 5.73 Å². The Morgan fingerprint density at radius 2 is 2.17 bits per heavy atom. The lowest BCUT2D eigenvalue weighted by atomic mass is 9.64. The fourth-order valence-electron chi connectivity index (χ4n) is 2.73. The number of aryl methyl sites for hydroxylation is 1. The predicted octanol–water partition coefficient (Wildman–Crippen LogP) is 3.11. The number of benzene rings is 1. The average Bonchev–Trinajstić information content (AvgIpc) is 2.33. The van der Waals surface area contributed by atoms with E-state index in [-0.39, 0.29) is 11.2 Å². The minimum atomic E-state index is -0.0820. The maximum absolute atomic E-state index is 10.4. The molecule has 0 spiro atoms. The molecule has 0 radical (unpaired) electrons. The van der Waals surface area contributed by atoms with E-state index in [0.29, 0.717) is 12.3 Å². The fourth-order valence-corrected chi connectivity index (χ4v) is 3.74. The molecule has 4 heteroatoms. The van der Waals surface area contributed by atoms with Gasteiger partial charge in [-0.15, -0.1) is 0 Å². The molecular weight excluding hydrogens is 294 g/mol. The monoisotopic (exact) mass is 313 g/mol. The molecule has 1 aliphatic carbocycles. The van der Waals surface area contributed by atoms with Gasteiger partial charge in [-0.2, -0.15) is 0 Å². The summed E-state index contributed by atoms with van der Waals surface area (Å²) in [5, 5.41) is 10.4. The Morgan fingerprint density at radius 3 is 2.56 bits per heavy atom. The predicted molar refractivity (Wildman–Crippen MR) is 76.3 cm³/mol. The maximum atomic E-state index is 10.4. The third-order valence-corrected chi connectivity index (χ3v) is 5.02. The number of aromatic hydroxyl groups is 1. The molecule has 0 amide bonds. The Hall–Kier alpha value is -0.740. The summed E-state index contributed by atoms with van der Waals surface area (Å²) in [5.41, 5.74) is 7.96. The van der Waals surface area contributed by atoms with Crippen LogP contribution in [-0.2, 0) is 11.8 Å². The van der Waals surface area contributed by atoms with E-state index in [4.69, 9.17) is 10.5 Å². The van der Waals surface area contributed by atoms with Crippen molar-refractivity contribution >= 4 is 15.9 Å². The van der Waals surface area contributed by atoms with Crippen LogP contribution in [0.15, 0.2) is 10.5 Å². The van der Waals surface area contributed by atoms with Gasteiger partial charge in [-0.25, -0.2) is 0 Å². The van der Waals surface area contributed by atoms with Gasteiger partial charge in [-0.1, -0.05) is 29.3 Å². The Morgan fingerprint density at radius 1 is 1.50 bits per heavy atom. The first-order valence-electron chi connectivity index (χ1n) is 6.38. The van der Waals surface area contributed by atoms with Crippen molar-refractivity contribution in [2.75, 3.05) is 13.7 Å². The van der Waals surface area contributed by atoms with Crippen LogP contribution in [-0.4, -0.2) is 18.8 Å². The van der Waals surface area contributed by atoms with Gasteiger partial charge in [0.25, 0.3) is 0 Å². The highest BCUT2D eigenvalue weighted by Crippen LogP contribution is 2.52. The molecule has 0 aromatic heterocycles. The van der Waals surface area contributed by atoms with Crippen LogP contribution in [0.3, 0.4) is 0 Å². The van der Waals surface area contributed by atoms with E-state index in [9.17, 15) is 5.11 Å². The second-order valence-corrected chi connectivity index (χ2v) is 5.76. The van der Waals surface area contributed by atoms with Crippen molar-refractivity contribution in [3.05, 3.63) is 21.7 Å². The van der Waals surface area contributed by atoms with Gasteiger partial charge in [-0.05, 0) is 30.9 Å². The lowest BCUT2D eigenvalue weighted by Crippen LogP contribution is -2.42. The van der Waals surface area contributed by atoms with E-state index in [0.717, 1.165) is 34.9 Å². The highest BCUT2D eigenvalue weighted by Gasteiger charge is 2.42. The molecule has 100 valence electrons. The van der Waals surface area contributed by atoms with Gasteiger partial charge in [0.05, 0.1) is 7.11 Å². The zero-order valence-corrected chi connectivity index (χ0v) is 12.5. The molecule has 3 N–H and O–H groups in total. The Balaban J connectivity index is 2.64. The molecule has 18 heavy (non-hydrogen) atoms. The van der Waals surface area contributed by atoms with Crippen molar-refractivity contribution in [1.82, 2.24) is 0 Å². The maximum Gasteiger partial charge on any atom is 0.162 e. The summed E-state index contributed by atoms with van der Waals surface area (Å²) < 4.78 is 6.27. The molecule has 1 aliphatic rings. The lowest BCUT2D eigenvalue weighted by Gasteiger charge is -2.42. The first-order chi connectivity index (χ1) is 8.59. The van der Waals surface area contributed by atoms with E-state index in [2.05, 4.69) is 22.9 Å². The van der Waals surface area contributed by atoms with Crippen molar-refractivity contribution in [3.8, 4) is 11.5 Å². The van der Waals surface area contributed by atoms with Crippen LogP contribution in [0.4, 0.5) is 0 Å². The first-order valence-corrected chi connectivity index (χ1v) is 7.17. The number of methoxy groups -OCH3 is 1. The molecule has 0 saturated heterocycles. The van der Waals surface area contributed by atoms with Crippen molar-refractivity contribution in [2.45, 2.75) is 38.0 Å². The molecule has 0 atom stereocenters. The number of phenols is 1. The number of rotatable bonds is 4. The molecule has 1 fully saturated rings. The molecule has 0 aliphatic heterocycles. The highest BCUT2D eigenvalue weighted by molar-refractivity contribution is 9.10. The minimum Gasteiger partial charge on any atom is -0.504 e. The summed E-state index contributed by atoms with van der Waals surface area (Å²) >= 11 is 3.64. The summed E-state index contributed by atoms with van der Waals surface area (Å²) in [5.74, 6) is 0.788. The molecule has 0 unspecified atom stereocenters. The molecule has 0 bridgehead atoms. The van der Waals surface area contributed by atoms with Gasteiger partial charge < -0.3 is 15.6 Å². The third-order valence-electron chi connectivity index (χ3n) is 4.11. The number of hydrogen-bond acceptors (Lipinski definition) is 3. The average molecular weight is 314 g/mol. The molecule has 1 aromatic carbocycles. The number of ether oxygens (including phenoxy) is 1. The smallest absolute Gasteiger partial charge is 0.162 e. The van der Waals surface area contributed by atoms with Gasteiger partial charge in [0.15, 0.2) is 11.5 Å². The quantitative estimate of drug-likeness (QED) is 0.898. The van der Waals surface area contributed by atoms with Gasteiger partial charge >= 0.3 is 0 Å². The Bertz CT molecular complexity index is 422. The SMILES string of the molecule is CCc1cc(OC)c(O)c(C2(CN)CCC2)c1Br. The standard InChI is InChI=1S/C14H20BrNO2/c1-3-9-7-10(18-2)13(17)11(12(9)15)14(8-16)5-4-6-14/h7,17H,3-6,8,16H2,1-2H3. The topological polar surface area (TPSA) is 55.5 Å². The molecule has 3 nitrogen and oxygen atoms in total. The number of phenolic OH excluding ortho intramolecular Hbond substituents is 1. The van der Waals surface area contributed by atoms with E-state index >= 15 is 0 Å². The van der Waals surface area contributed by atoms with Crippen LogP contribution in [0.25, 0.3) is 0 Å². The van der Waals surface area contributed by atoms with E-state index in [1.54, 1.807) is 7.11 Å². The zero-order chi connectivity index (χ0) is 13.3. The molecule has 2 rings (SSSR count). The lowest BCUT2D eigenvalue weighted by molar-refractivity contribution is 0.240. The van der Waals surface area contributed by atoms with Crippen LogP contribution in [0, 0.1) is 0 Å². The first kappa shape index (κ1) is 13.7. The van der Waals surface area contributed by atoms with Crippen LogP contribution < -0.4 is 10.5 Å². The second kappa shape index (κ2) is 5.10. The van der Waals surface area contributed by atoms with E-state index < -0.39 is 0 Å². The normalized spacial score (nSPS) is 17.3. The van der Waals surface area contributed by atoms with Crippen molar-refractivity contribution in [1.29, 1.82) is 0 Å². The van der Waals surface area contributed by atoms with Gasteiger partial charge in [0.1, 0.15) is 0 Å². The number of halogens is 1. The number of hydrogen-bond donors (Lipinski definition) is 2. The summed E-state index contributed by atoms with van der Waals surface area (Å²) in [4.78, 5) is 0. The van der Waals surface area contributed by atoms with Crippen LogP contribution in [0.5, 0.6) is 11.5 Å². The van der Waals surface area contributed by atoms with Crippen LogP contribution >= 0.6 is 15.9 Å². The minimum absolute atomic E-state index is 0.0820. The summed E-state index contributed by atoms with van der Waals surface area (Å²) in [6.07, 6.45) is 4.13. The van der Waals surface area contributed by atoms with E-state index in [1.165, 1.54) is 6.42 Å². The second-order valence-electron chi connectivity index (χ2n) is 4.97. The summed E-state index contributed by atoms with van der Waals surface area (Å²) in [6.45, 7) is 2.66. The molecular formula is C14H20BrNO2. The Labute approximate surface area is 116 Å². The molecule has 1 saturated carbocycles. The van der Waals surface area contributed by atoms with Gasteiger partial charge in [0, 0.05) is 22.0 Å². The van der Waals surface area contributed by atoms with Gasteiger partial charge in [-0.3, -0.25) is 0 Å². The fraction of sp³-hybridized carbons (Fsp3) is 0.571. The van der Waals surface area contributed by atoms with E-state index in [1.807, 2.05) is 6.07 Å². The van der Waals surface area contributed by atoms with Crippen LogP contribution in [0.1, 0.15) is 37.3 Å². The summed E-state index contributed by atoms with van der Waals surface area (Å²) in [6, 6.07) is 1.89. The highest BCUT2D eigenvalue weighted by atomic mass is 79.9. The van der Waals surface area contributed by atoms with Crippen molar-refractivity contribution in [3.63, 3.8) is 0 Å².